The molecular weight excluding hydrogens is 467 g/mol. The van der Waals surface area contributed by atoms with Gasteiger partial charge in [-0.2, -0.15) is 4.39 Å². The van der Waals surface area contributed by atoms with E-state index in [1.807, 2.05) is 0 Å². The number of fused-ring (bicyclic) bond motifs is 1. The number of aliphatic hydroxyl groups is 1. The molecule has 3 atom stereocenters. The maximum absolute atomic E-state index is 14.5. The van der Waals surface area contributed by atoms with Crippen molar-refractivity contribution in [3.05, 3.63) is 53.6 Å². The van der Waals surface area contributed by atoms with Crippen molar-refractivity contribution in [1.29, 1.82) is 0 Å². The van der Waals surface area contributed by atoms with E-state index in [9.17, 15) is 27.1 Å². The third kappa shape index (κ3) is 4.17. The van der Waals surface area contributed by atoms with Gasteiger partial charge in [-0.05, 0) is 42.9 Å². The van der Waals surface area contributed by atoms with Gasteiger partial charge in [-0.15, -0.1) is 5.10 Å². The van der Waals surface area contributed by atoms with Crippen LogP contribution in [0.2, 0.25) is 0 Å². The first-order valence-corrected chi connectivity index (χ1v) is 10.4. The molecule has 2 aromatic heterocycles. The fraction of sp³-hybridized carbons (Fsp3) is 0.350. The maximum atomic E-state index is 14.5. The van der Waals surface area contributed by atoms with Crippen molar-refractivity contribution in [3.63, 3.8) is 0 Å². The summed E-state index contributed by atoms with van der Waals surface area (Å²) in [6.07, 6.45) is 0.544. The Morgan fingerprint density at radius 1 is 1.21 bits per heavy atom. The molecule has 0 spiro atoms. The van der Waals surface area contributed by atoms with E-state index < -0.39 is 48.6 Å². The Balaban J connectivity index is 1.50. The molecule has 3 heterocycles. The lowest BCUT2D eigenvalue weighted by atomic mass is 10.0. The number of hydrogen-bond donors (Lipinski definition) is 3. The summed E-state index contributed by atoms with van der Waals surface area (Å²) in [6, 6.07) is 2.59. The number of anilines is 2. The number of aliphatic hydroxyl groups excluding tert-OH is 1. The molecule has 1 saturated carbocycles. The Hall–Kier alpha value is -3.06. The van der Waals surface area contributed by atoms with Crippen LogP contribution in [0.1, 0.15) is 24.4 Å². The van der Waals surface area contributed by atoms with Gasteiger partial charge in [0.15, 0.2) is 10.8 Å². The van der Waals surface area contributed by atoms with Crippen LogP contribution in [0, 0.1) is 17.6 Å². The molecule has 0 amide bonds. The molecule has 2 aliphatic rings. The van der Waals surface area contributed by atoms with Gasteiger partial charge in [0.25, 0.3) is 11.9 Å². The average Bonchev–Trinajstić information content (AvgIpc) is 3.20. The van der Waals surface area contributed by atoms with Gasteiger partial charge >= 0.3 is 0 Å². The van der Waals surface area contributed by atoms with E-state index in [4.69, 9.17) is 12.2 Å². The lowest BCUT2D eigenvalue weighted by molar-refractivity contribution is 0.0221. The molecule has 2 fully saturated rings. The van der Waals surface area contributed by atoms with Gasteiger partial charge in [-0.25, -0.2) is 27.1 Å². The lowest BCUT2D eigenvalue weighted by Gasteiger charge is -2.25. The van der Waals surface area contributed by atoms with E-state index in [2.05, 4.69) is 20.7 Å². The van der Waals surface area contributed by atoms with Crippen molar-refractivity contribution in [2.75, 3.05) is 16.8 Å². The second kappa shape index (κ2) is 7.76. The Morgan fingerprint density at radius 2 is 1.97 bits per heavy atom. The Morgan fingerprint density at radius 3 is 2.70 bits per heavy atom. The van der Waals surface area contributed by atoms with Gasteiger partial charge in [0, 0.05) is 18.2 Å². The molecule has 1 aromatic carbocycles. The SMILES string of the molecule is O[C@@H]1C[C@H]1NC(=S)Nc1c(F)nn2ccc(N3CC(F)(F)C[C@@H]3c3cc(F)ccc3F)nc12. The van der Waals surface area contributed by atoms with Crippen molar-refractivity contribution in [1.82, 2.24) is 19.9 Å². The van der Waals surface area contributed by atoms with Gasteiger partial charge in [-0.3, -0.25) is 0 Å². The molecular formula is C20H17F5N6OS. The van der Waals surface area contributed by atoms with Crippen molar-refractivity contribution in [2.24, 2.45) is 0 Å². The van der Waals surface area contributed by atoms with Crippen molar-refractivity contribution >= 4 is 34.5 Å². The third-order valence-corrected chi connectivity index (χ3v) is 5.84. The smallest absolute Gasteiger partial charge is 0.267 e. The zero-order chi connectivity index (χ0) is 23.5. The normalized spacial score (nSPS) is 23.7. The highest BCUT2D eigenvalue weighted by molar-refractivity contribution is 7.80. The summed E-state index contributed by atoms with van der Waals surface area (Å²) < 4.78 is 72.4. The quantitative estimate of drug-likeness (QED) is 0.388. The van der Waals surface area contributed by atoms with Crippen molar-refractivity contribution < 1.29 is 27.1 Å². The molecule has 3 aromatic rings. The highest BCUT2D eigenvalue weighted by Crippen LogP contribution is 2.44. The van der Waals surface area contributed by atoms with Gasteiger partial charge in [0.05, 0.1) is 24.7 Å². The topological polar surface area (TPSA) is 77.7 Å². The molecule has 13 heteroatoms. The van der Waals surface area contributed by atoms with Crippen LogP contribution in [0.15, 0.2) is 30.5 Å². The van der Waals surface area contributed by atoms with E-state index in [0.29, 0.717) is 6.42 Å². The molecule has 5 rings (SSSR count). The zero-order valence-electron chi connectivity index (χ0n) is 16.8. The Bertz CT molecular complexity index is 1250. The number of benzene rings is 1. The van der Waals surface area contributed by atoms with Crippen LogP contribution in [-0.4, -0.2) is 49.4 Å². The number of nitrogens with zero attached hydrogens (tertiary/aromatic N) is 4. The zero-order valence-corrected chi connectivity index (χ0v) is 17.6. The van der Waals surface area contributed by atoms with E-state index in [1.54, 1.807) is 0 Å². The van der Waals surface area contributed by atoms with E-state index in [1.165, 1.54) is 12.3 Å². The second-order valence-corrected chi connectivity index (χ2v) is 8.51. The molecule has 1 aliphatic carbocycles. The van der Waals surface area contributed by atoms with Crippen LogP contribution in [0.3, 0.4) is 0 Å². The first kappa shape index (κ1) is 21.8. The molecule has 0 radical (unpaired) electrons. The van der Waals surface area contributed by atoms with Crippen LogP contribution in [0.4, 0.5) is 33.5 Å². The van der Waals surface area contributed by atoms with E-state index in [0.717, 1.165) is 27.6 Å². The standard InChI is InChI=1S/C20H17F5N6OS/c21-9-1-2-11(22)10(5-9)13-7-20(24,25)8-30(13)15-3-4-31-18(27-15)16(17(23)29-31)28-19(33)26-12-6-14(12)32/h1-5,12-14,32H,6-8H2,(H2,26,28,33)/t12-,13-,14-/m1/s1. The van der Waals surface area contributed by atoms with Crippen LogP contribution >= 0.6 is 12.2 Å². The largest absolute Gasteiger partial charge is 0.391 e. The number of rotatable bonds is 4. The predicted octanol–water partition coefficient (Wildman–Crippen LogP) is 3.15. The first-order chi connectivity index (χ1) is 15.6. The van der Waals surface area contributed by atoms with Gasteiger partial charge in [0.1, 0.15) is 23.1 Å². The first-order valence-electron chi connectivity index (χ1n) is 10.0. The highest BCUT2D eigenvalue weighted by atomic mass is 32.1. The number of aromatic nitrogens is 3. The number of alkyl halides is 2. The van der Waals surface area contributed by atoms with E-state index >= 15 is 0 Å². The maximum Gasteiger partial charge on any atom is 0.267 e. The summed E-state index contributed by atoms with van der Waals surface area (Å²) in [5.74, 6) is -5.68. The molecule has 1 aliphatic heterocycles. The number of thiocarbonyl (C=S) groups is 1. The van der Waals surface area contributed by atoms with Crippen LogP contribution in [0.25, 0.3) is 5.65 Å². The summed E-state index contributed by atoms with van der Waals surface area (Å²) >= 11 is 5.12. The van der Waals surface area contributed by atoms with Crippen LogP contribution in [-0.2, 0) is 0 Å². The molecule has 1 saturated heterocycles. The average molecular weight is 484 g/mol. The number of halogens is 5. The summed E-state index contributed by atoms with van der Waals surface area (Å²) in [6.45, 7) is -0.782. The fourth-order valence-corrected chi connectivity index (χ4v) is 4.17. The van der Waals surface area contributed by atoms with Gasteiger partial charge < -0.3 is 20.6 Å². The van der Waals surface area contributed by atoms with Crippen LogP contribution < -0.4 is 15.5 Å². The summed E-state index contributed by atoms with van der Waals surface area (Å²) in [5.41, 5.74) is -0.455. The Kier molecular flexibility index (Phi) is 5.12. The fourth-order valence-electron chi connectivity index (χ4n) is 3.92. The van der Waals surface area contributed by atoms with E-state index in [-0.39, 0.29) is 33.9 Å². The third-order valence-electron chi connectivity index (χ3n) is 5.62. The molecule has 7 nitrogen and oxygen atoms in total. The van der Waals surface area contributed by atoms with Gasteiger partial charge in [-0.1, -0.05) is 0 Å². The number of hydrogen-bond acceptors (Lipinski definition) is 5. The number of nitrogens with one attached hydrogen (secondary N) is 2. The molecule has 174 valence electrons. The molecule has 3 N–H and O–H groups in total. The van der Waals surface area contributed by atoms with Crippen molar-refractivity contribution in [2.45, 2.75) is 37.0 Å². The minimum Gasteiger partial charge on any atom is -0.391 e. The van der Waals surface area contributed by atoms with Gasteiger partial charge in [0.2, 0.25) is 0 Å². The van der Waals surface area contributed by atoms with Crippen LogP contribution in [0.5, 0.6) is 0 Å². The summed E-state index contributed by atoms with van der Waals surface area (Å²) in [4.78, 5) is 5.43. The monoisotopic (exact) mass is 484 g/mol. The molecule has 0 unspecified atom stereocenters. The lowest BCUT2D eigenvalue weighted by Crippen LogP contribution is -2.32. The summed E-state index contributed by atoms with van der Waals surface area (Å²) in [7, 11) is 0. The molecule has 33 heavy (non-hydrogen) atoms. The predicted molar refractivity (Wildman–Crippen MR) is 113 cm³/mol. The minimum absolute atomic E-state index is 0.00720. The highest BCUT2D eigenvalue weighted by Gasteiger charge is 2.47. The Labute approximate surface area is 189 Å². The summed E-state index contributed by atoms with van der Waals surface area (Å²) in [5, 5.41) is 18.6. The second-order valence-electron chi connectivity index (χ2n) is 8.10. The van der Waals surface area contributed by atoms with Crippen molar-refractivity contribution in [3.8, 4) is 0 Å². The minimum atomic E-state index is -3.18. The molecule has 0 bridgehead atoms.